The molecular formula is C15H21N3O2. The van der Waals surface area contributed by atoms with Gasteiger partial charge in [-0.05, 0) is 37.8 Å². The Kier molecular flexibility index (Phi) is 3.61. The summed E-state index contributed by atoms with van der Waals surface area (Å²) >= 11 is 0. The number of anilines is 1. The molecule has 108 valence electrons. The van der Waals surface area contributed by atoms with Gasteiger partial charge in [0.05, 0.1) is 18.8 Å². The zero-order valence-electron chi connectivity index (χ0n) is 11.8. The summed E-state index contributed by atoms with van der Waals surface area (Å²) in [6.45, 7) is 3.32. The number of morpholine rings is 1. The Balaban J connectivity index is 1.86. The van der Waals surface area contributed by atoms with Gasteiger partial charge in [0, 0.05) is 17.8 Å². The van der Waals surface area contributed by atoms with Crippen molar-refractivity contribution in [3.05, 3.63) is 23.4 Å². The van der Waals surface area contributed by atoms with Gasteiger partial charge in [-0.1, -0.05) is 6.92 Å². The first kappa shape index (κ1) is 13.4. The van der Waals surface area contributed by atoms with Gasteiger partial charge < -0.3 is 15.4 Å². The van der Waals surface area contributed by atoms with Gasteiger partial charge in [-0.15, -0.1) is 0 Å². The fraction of sp³-hybridized carbons (Fsp3) is 0.600. The van der Waals surface area contributed by atoms with Crippen molar-refractivity contribution in [1.82, 2.24) is 9.88 Å². The van der Waals surface area contributed by atoms with Crippen LogP contribution in [0.5, 0.6) is 0 Å². The van der Waals surface area contributed by atoms with Crippen LogP contribution in [0.1, 0.15) is 42.2 Å². The first-order valence-electron chi connectivity index (χ1n) is 7.38. The summed E-state index contributed by atoms with van der Waals surface area (Å²) in [5.41, 5.74) is 7.32. The highest BCUT2D eigenvalue weighted by Gasteiger charge is 2.38. The van der Waals surface area contributed by atoms with Crippen molar-refractivity contribution in [2.24, 2.45) is 0 Å². The molecule has 0 bridgehead atoms. The molecule has 0 radical (unpaired) electrons. The zero-order chi connectivity index (χ0) is 14.1. The maximum atomic E-state index is 12.7. The number of nitrogens with zero attached hydrogens (tertiary/aromatic N) is 2. The van der Waals surface area contributed by atoms with Crippen molar-refractivity contribution in [1.29, 1.82) is 0 Å². The summed E-state index contributed by atoms with van der Waals surface area (Å²) in [7, 11) is 0. The molecule has 2 aliphatic rings. The van der Waals surface area contributed by atoms with Crippen LogP contribution in [0.15, 0.2) is 12.1 Å². The van der Waals surface area contributed by atoms with E-state index < -0.39 is 0 Å². The van der Waals surface area contributed by atoms with Crippen LogP contribution in [0.25, 0.3) is 0 Å². The minimum atomic E-state index is 0.0639. The van der Waals surface area contributed by atoms with Gasteiger partial charge in [-0.2, -0.15) is 0 Å². The van der Waals surface area contributed by atoms with Crippen LogP contribution in [0.3, 0.4) is 0 Å². The van der Waals surface area contributed by atoms with Gasteiger partial charge in [0.1, 0.15) is 5.82 Å². The van der Waals surface area contributed by atoms with E-state index in [1.165, 1.54) is 0 Å². The van der Waals surface area contributed by atoms with Gasteiger partial charge in [0.2, 0.25) is 0 Å². The minimum Gasteiger partial charge on any atom is -0.384 e. The van der Waals surface area contributed by atoms with Crippen molar-refractivity contribution in [2.75, 3.05) is 18.9 Å². The van der Waals surface area contributed by atoms with Gasteiger partial charge in [0.15, 0.2) is 0 Å². The number of pyridine rings is 1. The molecule has 1 amide bonds. The lowest BCUT2D eigenvalue weighted by atomic mass is 10.1. The molecule has 1 aliphatic heterocycles. The van der Waals surface area contributed by atoms with Gasteiger partial charge in [-0.3, -0.25) is 4.79 Å². The summed E-state index contributed by atoms with van der Waals surface area (Å²) in [5, 5.41) is 0. The SMILES string of the molecule is CCc1cc(C(=O)N2CCOC3CCCC32)cc(N)n1. The molecule has 5 heteroatoms. The molecule has 2 unspecified atom stereocenters. The Bertz CT molecular complexity index is 518. The largest absolute Gasteiger partial charge is 0.384 e. The molecule has 1 saturated carbocycles. The van der Waals surface area contributed by atoms with Crippen LogP contribution in [-0.4, -0.2) is 41.1 Å². The van der Waals surface area contributed by atoms with Crippen molar-refractivity contribution in [3.63, 3.8) is 0 Å². The number of aromatic nitrogens is 1. The predicted molar refractivity (Wildman–Crippen MR) is 76.4 cm³/mol. The van der Waals surface area contributed by atoms with Crippen LogP contribution in [-0.2, 0) is 11.2 Å². The molecule has 1 aromatic rings. The molecule has 3 rings (SSSR count). The van der Waals surface area contributed by atoms with E-state index in [9.17, 15) is 4.79 Å². The smallest absolute Gasteiger partial charge is 0.254 e. The van der Waals surface area contributed by atoms with Crippen molar-refractivity contribution in [3.8, 4) is 0 Å². The Morgan fingerprint density at radius 2 is 2.35 bits per heavy atom. The molecule has 5 nitrogen and oxygen atoms in total. The van der Waals surface area contributed by atoms with E-state index in [2.05, 4.69) is 4.98 Å². The fourth-order valence-corrected chi connectivity index (χ4v) is 3.26. The third kappa shape index (κ3) is 2.38. The molecule has 1 saturated heterocycles. The normalized spacial score (nSPS) is 25.6. The first-order valence-corrected chi connectivity index (χ1v) is 7.38. The van der Waals surface area contributed by atoms with Gasteiger partial charge >= 0.3 is 0 Å². The van der Waals surface area contributed by atoms with Crippen LogP contribution in [0.2, 0.25) is 0 Å². The summed E-state index contributed by atoms with van der Waals surface area (Å²) in [6.07, 6.45) is 4.24. The quantitative estimate of drug-likeness (QED) is 0.890. The van der Waals surface area contributed by atoms with E-state index in [0.29, 0.717) is 24.5 Å². The Morgan fingerprint density at radius 1 is 1.50 bits per heavy atom. The predicted octanol–water partition coefficient (Wildman–Crippen LogP) is 1.62. The molecule has 1 aliphatic carbocycles. The lowest BCUT2D eigenvalue weighted by Crippen LogP contribution is -2.51. The summed E-state index contributed by atoms with van der Waals surface area (Å²) < 4.78 is 5.76. The van der Waals surface area contributed by atoms with Crippen LogP contribution in [0.4, 0.5) is 5.82 Å². The molecule has 0 aromatic carbocycles. The number of hydrogen-bond acceptors (Lipinski definition) is 4. The van der Waals surface area contributed by atoms with E-state index >= 15 is 0 Å². The molecule has 2 atom stereocenters. The topological polar surface area (TPSA) is 68.5 Å². The van der Waals surface area contributed by atoms with E-state index in [1.54, 1.807) is 6.07 Å². The lowest BCUT2D eigenvalue weighted by molar-refractivity contribution is -0.0445. The zero-order valence-corrected chi connectivity index (χ0v) is 11.8. The number of carbonyl (C=O) groups is 1. The number of ether oxygens (including phenoxy) is 1. The summed E-state index contributed by atoms with van der Waals surface area (Å²) in [6, 6.07) is 3.77. The second kappa shape index (κ2) is 5.40. The maximum absolute atomic E-state index is 12.7. The van der Waals surface area contributed by atoms with Crippen molar-refractivity contribution < 1.29 is 9.53 Å². The Morgan fingerprint density at radius 3 is 3.15 bits per heavy atom. The third-order valence-electron chi connectivity index (χ3n) is 4.25. The highest BCUT2D eigenvalue weighted by Crippen LogP contribution is 2.30. The second-order valence-corrected chi connectivity index (χ2v) is 5.53. The number of nitrogen functional groups attached to an aromatic ring is 1. The fourth-order valence-electron chi connectivity index (χ4n) is 3.26. The van der Waals surface area contributed by atoms with E-state index in [0.717, 1.165) is 31.4 Å². The average Bonchev–Trinajstić information content (AvgIpc) is 2.94. The summed E-state index contributed by atoms with van der Waals surface area (Å²) in [5.74, 6) is 0.484. The molecule has 0 spiro atoms. The molecule has 2 N–H and O–H groups in total. The second-order valence-electron chi connectivity index (χ2n) is 5.53. The van der Waals surface area contributed by atoms with Crippen LogP contribution >= 0.6 is 0 Å². The van der Waals surface area contributed by atoms with E-state index in [-0.39, 0.29) is 18.1 Å². The highest BCUT2D eigenvalue weighted by molar-refractivity contribution is 5.95. The van der Waals surface area contributed by atoms with Crippen LogP contribution in [0, 0.1) is 0 Å². The molecule has 1 aromatic heterocycles. The standard InChI is InChI=1S/C15H21N3O2/c1-2-11-8-10(9-14(16)17-11)15(19)18-6-7-20-13-5-3-4-12(13)18/h8-9,12-13H,2-7H2,1H3,(H2,16,17). The molecule has 2 fully saturated rings. The Hall–Kier alpha value is -1.62. The maximum Gasteiger partial charge on any atom is 0.254 e. The average molecular weight is 275 g/mol. The molecule has 2 heterocycles. The number of aryl methyl sites for hydroxylation is 1. The number of rotatable bonds is 2. The van der Waals surface area contributed by atoms with Gasteiger partial charge in [-0.25, -0.2) is 4.98 Å². The monoisotopic (exact) mass is 275 g/mol. The lowest BCUT2D eigenvalue weighted by Gasteiger charge is -2.37. The molecular weight excluding hydrogens is 254 g/mol. The number of nitrogens with two attached hydrogens (primary N) is 1. The minimum absolute atomic E-state index is 0.0639. The van der Waals surface area contributed by atoms with E-state index in [4.69, 9.17) is 10.5 Å². The number of carbonyl (C=O) groups excluding carboxylic acids is 1. The van der Waals surface area contributed by atoms with Crippen molar-refractivity contribution in [2.45, 2.75) is 44.8 Å². The summed E-state index contributed by atoms with van der Waals surface area (Å²) in [4.78, 5) is 18.9. The number of hydrogen-bond donors (Lipinski definition) is 1. The van der Waals surface area contributed by atoms with Crippen LogP contribution < -0.4 is 5.73 Å². The first-order chi connectivity index (χ1) is 9.69. The third-order valence-corrected chi connectivity index (χ3v) is 4.25. The number of amides is 1. The van der Waals surface area contributed by atoms with Crippen molar-refractivity contribution >= 4 is 11.7 Å². The highest BCUT2D eigenvalue weighted by atomic mass is 16.5. The van der Waals surface area contributed by atoms with E-state index in [1.807, 2.05) is 17.9 Å². The molecule has 20 heavy (non-hydrogen) atoms. The Labute approximate surface area is 119 Å². The van der Waals surface area contributed by atoms with Gasteiger partial charge in [0.25, 0.3) is 5.91 Å². The number of fused-ring (bicyclic) bond motifs is 1.